The first kappa shape index (κ1) is 12.9. The van der Waals surface area contributed by atoms with Crippen LogP contribution in [0.5, 0.6) is 0 Å². The van der Waals surface area contributed by atoms with E-state index in [0.29, 0.717) is 6.04 Å². The molecular formula is C16H22N2. The number of hydrogen-bond donors (Lipinski definition) is 1. The lowest BCUT2D eigenvalue weighted by Gasteiger charge is -2.19. The number of anilines is 1. The molecule has 0 spiro atoms. The van der Waals surface area contributed by atoms with Crippen LogP contribution in [0.4, 0.5) is 5.69 Å². The molecule has 2 nitrogen and oxygen atoms in total. The quantitative estimate of drug-likeness (QED) is 0.846. The third-order valence-corrected chi connectivity index (χ3v) is 3.00. The molecular weight excluding hydrogens is 220 g/mol. The summed E-state index contributed by atoms with van der Waals surface area (Å²) in [6.07, 6.45) is 1.98. The number of hydrogen-bond acceptors (Lipinski definition) is 2. The molecule has 0 saturated heterocycles. The molecule has 0 amide bonds. The van der Waals surface area contributed by atoms with Gasteiger partial charge in [-0.2, -0.15) is 0 Å². The van der Waals surface area contributed by atoms with Crippen molar-refractivity contribution in [3.63, 3.8) is 0 Å². The van der Waals surface area contributed by atoms with E-state index in [-0.39, 0.29) is 5.41 Å². The molecule has 0 unspecified atom stereocenters. The second-order valence-electron chi connectivity index (χ2n) is 6.18. The number of aromatic nitrogens is 1. The fraction of sp³-hybridized carbons (Fsp3) is 0.438. The van der Waals surface area contributed by atoms with Crippen LogP contribution in [0, 0.1) is 0 Å². The summed E-state index contributed by atoms with van der Waals surface area (Å²) >= 11 is 0. The molecule has 0 aliphatic rings. The summed E-state index contributed by atoms with van der Waals surface area (Å²) in [7, 11) is 0. The highest BCUT2D eigenvalue weighted by Gasteiger charge is 2.14. The van der Waals surface area contributed by atoms with Gasteiger partial charge in [0.05, 0.1) is 5.52 Å². The smallest absolute Gasteiger partial charge is 0.0703 e. The van der Waals surface area contributed by atoms with Crippen molar-refractivity contribution in [3.8, 4) is 0 Å². The molecule has 0 aliphatic carbocycles. The largest absolute Gasteiger partial charge is 0.383 e. The SMILES string of the molecule is CC(C)Nc1ccc2ncc(C(C)(C)C)cc2c1. The van der Waals surface area contributed by atoms with Crippen molar-refractivity contribution in [1.82, 2.24) is 4.98 Å². The van der Waals surface area contributed by atoms with Crippen LogP contribution in [0.3, 0.4) is 0 Å². The average molecular weight is 242 g/mol. The van der Waals surface area contributed by atoms with Crippen LogP contribution in [-0.4, -0.2) is 11.0 Å². The highest BCUT2D eigenvalue weighted by Crippen LogP contribution is 2.26. The van der Waals surface area contributed by atoms with Crippen LogP contribution in [0.15, 0.2) is 30.5 Å². The van der Waals surface area contributed by atoms with Crippen molar-refractivity contribution in [1.29, 1.82) is 0 Å². The van der Waals surface area contributed by atoms with E-state index in [1.165, 1.54) is 10.9 Å². The van der Waals surface area contributed by atoms with Gasteiger partial charge in [-0.15, -0.1) is 0 Å². The lowest BCUT2D eigenvalue weighted by molar-refractivity contribution is 0.589. The van der Waals surface area contributed by atoms with Crippen molar-refractivity contribution in [2.75, 3.05) is 5.32 Å². The highest BCUT2D eigenvalue weighted by atomic mass is 14.9. The first-order valence-corrected chi connectivity index (χ1v) is 6.53. The molecule has 2 rings (SSSR count). The summed E-state index contributed by atoms with van der Waals surface area (Å²) in [6.45, 7) is 10.9. The van der Waals surface area contributed by atoms with Gasteiger partial charge in [0.15, 0.2) is 0 Å². The molecule has 0 saturated carbocycles. The van der Waals surface area contributed by atoms with Crippen molar-refractivity contribution in [3.05, 3.63) is 36.0 Å². The normalized spacial score (nSPS) is 12.1. The zero-order valence-electron chi connectivity index (χ0n) is 11.9. The predicted molar refractivity (Wildman–Crippen MR) is 79.2 cm³/mol. The first-order valence-electron chi connectivity index (χ1n) is 6.53. The van der Waals surface area contributed by atoms with Crippen LogP contribution in [0.1, 0.15) is 40.2 Å². The maximum Gasteiger partial charge on any atom is 0.0703 e. The maximum atomic E-state index is 4.54. The molecule has 0 radical (unpaired) electrons. The van der Waals surface area contributed by atoms with Crippen LogP contribution in [-0.2, 0) is 5.41 Å². The fourth-order valence-electron chi connectivity index (χ4n) is 1.96. The maximum absolute atomic E-state index is 4.54. The second-order valence-corrected chi connectivity index (χ2v) is 6.18. The third kappa shape index (κ3) is 2.81. The second kappa shape index (κ2) is 4.60. The summed E-state index contributed by atoms with van der Waals surface area (Å²) in [5, 5.41) is 4.63. The summed E-state index contributed by atoms with van der Waals surface area (Å²) in [5.41, 5.74) is 3.63. The Morgan fingerprint density at radius 1 is 1.11 bits per heavy atom. The van der Waals surface area contributed by atoms with Crippen LogP contribution >= 0.6 is 0 Å². The standard InChI is InChI=1S/C16H22N2/c1-11(2)18-14-6-7-15-12(9-14)8-13(10-17-15)16(3,4)5/h6-11,18H,1-5H3. The van der Waals surface area contributed by atoms with Crippen LogP contribution in [0.25, 0.3) is 10.9 Å². The minimum absolute atomic E-state index is 0.142. The zero-order chi connectivity index (χ0) is 13.3. The number of pyridine rings is 1. The van der Waals surface area contributed by atoms with Gasteiger partial charge in [0, 0.05) is 23.3 Å². The van der Waals surface area contributed by atoms with Gasteiger partial charge in [0.2, 0.25) is 0 Å². The molecule has 0 aliphatic heterocycles. The summed E-state index contributed by atoms with van der Waals surface area (Å²) in [5.74, 6) is 0. The molecule has 1 aromatic heterocycles. The van der Waals surface area contributed by atoms with E-state index < -0.39 is 0 Å². The molecule has 96 valence electrons. The Balaban J connectivity index is 2.46. The van der Waals surface area contributed by atoms with E-state index in [2.05, 4.69) is 69.2 Å². The molecule has 1 aromatic carbocycles. The monoisotopic (exact) mass is 242 g/mol. The predicted octanol–water partition coefficient (Wildman–Crippen LogP) is 4.35. The minimum Gasteiger partial charge on any atom is -0.383 e. The Morgan fingerprint density at radius 2 is 1.83 bits per heavy atom. The number of benzene rings is 1. The first-order chi connectivity index (χ1) is 8.36. The van der Waals surface area contributed by atoms with Crippen molar-refractivity contribution < 1.29 is 0 Å². The Hall–Kier alpha value is -1.57. The van der Waals surface area contributed by atoms with E-state index in [4.69, 9.17) is 0 Å². The van der Waals surface area contributed by atoms with E-state index in [1.807, 2.05) is 6.20 Å². The van der Waals surface area contributed by atoms with E-state index in [9.17, 15) is 0 Å². The van der Waals surface area contributed by atoms with Crippen LogP contribution < -0.4 is 5.32 Å². The van der Waals surface area contributed by atoms with Gasteiger partial charge in [0.25, 0.3) is 0 Å². The Labute approximate surface area is 109 Å². The highest BCUT2D eigenvalue weighted by molar-refractivity contribution is 5.83. The molecule has 2 heteroatoms. The Bertz CT molecular complexity index is 551. The summed E-state index contributed by atoms with van der Waals surface area (Å²) in [4.78, 5) is 4.54. The molecule has 1 heterocycles. The molecule has 18 heavy (non-hydrogen) atoms. The van der Waals surface area contributed by atoms with Gasteiger partial charge in [0.1, 0.15) is 0 Å². The lowest BCUT2D eigenvalue weighted by Crippen LogP contribution is -2.11. The Morgan fingerprint density at radius 3 is 2.44 bits per heavy atom. The fourth-order valence-corrected chi connectivity index (χ4v) is 1.96. The Kier molecular flexibility index (Phi) is 3.29. The average Bonchev–Trinajstić information content (AvgIpc) is 2.26. The summed E-state index contributed by atoms with van der Waals surface area (Å²) in [6, 6.07) is 9.03. The van der Waals surface area contributed by atoms with Gasteiger partial charge in [-0.3, -0.25) is 4.98 Å². The van der Waals surface area contributed by atoms with Gasteiger partial charge < -0.3 is 5.32 Å². The van der Waals surface area contributed by atoms with E-state index in [0.717, 1.165) is 11.2 Å². The topological polar surface area (TPSA) is 24.9 Å². The number of nitrogens with zero attached hydrogens (tertiary/aromatic N) is 1. The van der Waals surface area contributed by atoms with Gasteiger partial charge in [-0.1, -0.05) is 20.8 Å². The molecule has 0 bridgehead atoms. The number of nitrogens with one attached hydrogen (secondary N) is 1. The number of rotatable bonds is 2. The van der Waals surface area contributed by atoms with Crippen molar-refractivity contribution in [2.45, 2.75) is 46.1 Å². The number of fused-ring (bicyclic) bond motifs is 1. The van der Waals surface area contributed by atoms with E-state index in [1.54, 1.807) is 0 Å². The van der Waals surface area contributed by atoms with Gasteiger partial charge in [-0.05, 0) is 49.1 Å². The van der Waals surface area contributed by atoms with Crippen molar-refractivity contribution >= 4 is 16.6 Å². The molecule has 0 fully saturated rings. The molecule has 2 aromatic rings. The third-order valence-electron chi connectivity index (χ3n) is 3.00. The van der Waals surface area contributed by atoms with Gasteiger partial charge in [-0.25, -0.2) is 0 Å². The van der Waals surface area contributed by atoms with E-state index >= 15 is 0 Å². The van der Waals surface area contributed by atoms with Crippen molar-refractivity contribution in [2.24, 2.45) is 0 Å². The zero-order valence-corrected chi connectivity index (χ0v) is 11.9. The molecule has 0 atom stereocenters. The molecule has 1 N–H and O–H groups in total. The minimum atomic E-state index is 0.142. The van der Waals surface area contributed by atoms with Crippen LogP contribution in [0.2, 0.25) is 0 Å². The summed E-state index contributed by atoms with van der Waals surface area (Å²) < 4.78 is 0. The lowest BCUT2D eigenvalue weighted by atomic mass is 9.87. The van der Waals surface area contributed by atoms with Gasteiger partial charge >= 0.3 is 0 Å².